The van der Waals surface area contributed by atoms with Gasteiger partial charge < -0.3 is 9.72 Å². The monoisotopic (exact) mass is 306 g/mol. The molecule has 0 aliphatic carbocycles. The van der Waals surface area contributed by atoms with E-state index in [1.165, 1.54) is 6.07 Å². The fourth-order valence-electron chi connectivity index (χ4n) is 2.45. The van der Waals surface area contributed by atoms with E-state index >= 15 is 0 Å². The Balaban J connectivity index is 2.23. The topological polar surface area (TPSA) is 47.8 Å². The van der Waals surface area contributed by atoms with E-state index < -0.39 is 5.82 Å². The molecule has 0 fully saturated rings. The first-order valence-corrected chi connectivity index (χ1v) is 7.00. The van der Waals surface area contributed by atoms with Crippen molar-refractivity contribution in [3.05, 3.63) is 34.5 Å². The van der Waals surface area contributed by atoms with Gasteiger partial charge in [-0.3, -0.25) is 4.57 Å². The normalized spacial score (nSPS) is 11.2. The van der Waals surface area contributed by atoms with E-state index in [0.29, 0.717) is 17.1 Å². The number of aromatic amines is 1. The molecule has 0 saturated heterocycles. The Morgan fingerprint density at radius 1 is 1.43 bits per heavy atom. The Labute approximate surface area is 126 Å². The fraction of sp³-hybridized carbons (Fsp3) is 0.286. The van der Waals surface area contributed by atoms with Gasteiger partial charge in [0.15, 0.2) is 22.0 Å². The number of imidazole rings is 1. The van der Waals surface area contributed by atoms with E-state index in [1.54, 1.807) is 21.4 Å². The Hall–Kier alpha value is -2.15. The van der Waals surface area contributed by atoms with Gasteiger partial charge in [-0.05, 0) is 38.2 Å². The van der Waals surface area contributed by atoms with Crippen molar-refractivity contribution >= 4 is 23.4 Å². The number of aryl methyl sites for hydroxylation is 2. The average molecular weight is 306 g/mol. The molecule has 2 heterocycles. The van der Waals surface area contributed by atoms with Crippen LogP contribution in [0, 0.1) is 17.5 Å². The number of nitrogens with zero attached hydrogens (tertiary/aromatic N) is 3. The van der Waals surface area contributed by atoms with Crippen molar-refractivity contribution in [3.8, 4) is 11.4 Å². The minimum Gasteiger partial charge on any atom is -0.491 e. The van der Waals surface area contributed by atoms with Crippen LogP contribution in [0.25, 0.3) is 16.9 Å². The van der Waals surface area contributed by atoms with E-state index in [9.17, 15) is 4.39 Å². The maximum Gasteiger partial charge on any atom is 0.184 e. The summed E-state index contributed by atoms with van der Waals surface area (Å²) in [7, 11) is 1.83. The smallest absolute Gasteiger partial charge is 0.184 e. The van der Waals surface area contributed by atoms with E-state index in [1.807, 2.05) is 20.9 Å². The maximum absolute atomic E-state index is 14.1. The molecule has 1 aromatic carbocycles. The third-order valence-electron chi connectivity index (χ3n) is 3.31. The lowest BCUT2D eigenvalue weighted by molar-refractivity contribution is 0.321. The molecule has 0 amide bonds. The van der Waals surface area contributed by atoms with Crippen LogP contribution in [0.3, 0.4) is 0 Å². The molecule has 110 valence electrons. The molecule has 2 aromatic heterocycles. The van der Waals surface area contributed by atoms with Crippen molar-refractivity contribution in [2.24, 2.45) is 7.05 Å². The summed E-state index contributed by atoms with van der Waals surface area (Å²) in [4.78, 5) is 3.11. The van der Waals surface area contributed by atoms with Crippen LogP contribution >= 0.6 is 12.2 Å². The number of ether oxygens (including phenoxy) is 1. The predicted octanol–water partition coefficient (Wildman–Crippen LogP) is 3.27. The first kappa shape index (κ1) is 13.8. The highest BCUT2D eigenvalue weighted by atomic mass is 32.1. The van der Waals surface area contributed by atoms with Gasteiger partial charge in [0, 0.05) is 13.1 Å². The molecule has 0 atom stereocenters. The van der Waals surface area contributed by atoms with Crippen LogP contribution in [0.4, 0.5) is 4.39 Å². The molecule has 3 rings (SSSR count). The van der Waals surface area contributed by atoms with E-state index in [-0.39, 0.29) is 5.75 Å². The lowest BCUT2D eigenvalue weighted by atomic mass is 10.3. The molecule has 0 saturated carbocycles. The molecule has 0 spiro atoms. The van der Waals surface area contributed by atoms with Crippen molar-refractivity contribution in [1.82, 2.24) is 19.3 Å². The number of hydrogen-bond donors (Lipinski definition) is 1. The second kappa shape index (κ2) is 5.00. The van der Waals surface area contributed by atoms with Crippen molar-refractivity contribution in [2.75, 3.05) is 6.61 Å². The molecule has 5 nitrogen and oxygen atoms in total. The summed E-state index contributed by atoms with van der Waals surface area (Å²) < 4.78 is 23.3. The summed E-state index contributed by atoms with van der Waals surface area (Å²) in [6.45, 7) is 4.14. The number of H-pyrrole nitrogens is 1. The first-order valence-electron chi connectivity index (χ1n) is 6.60. The van der Waals surface area contributed by atoms with Crippen LogP contribution in [0.15, 0.2) is 18.2 Å². The maximum atomic E-state index is 14.1. The second-order valence-corrected chi connectivity index (χ2v) is 5.11. The molecule has 0 aliphatic rings. The fourth-order valence-corrected chi connectivity index (χ4v) is 2.74. The zero-order chi connectivity index (χ0) is 15.1. The van der Waals surface area contributed by atoms with Crippen molar-refractivity contribution in [3.63, 3.8) is 0 Å². The first-order chi connectivity index (χ1) is 10.0. The summed E-state index contributed by atoms with van der Waals surface area (Å²) in [6, 6.07) is 4.80. The molecular formula is C14H15FN4OS. The third-order valence-corrected chi connectivity index (χ3v) is 3.60. The SMILES string of the molecule is CCOc1ccc(-n2c(=S)[nH]c3c(C)nn(C)c32)cc1F. The minimum atomic E-state index is -0.413. The zero-order valence-corrected chi connectivity index (χ0v) is 12.8. The Bertz CT molecular complexity index is 877. The quantitative estimate of drug-likeness (QED) is 0.756. The number of halogens is 1. The molecule has 7 heteroatoms. The van der Waals surface area contributed by atoms with Gasteiger partial charge in [0.25, 0.3) is 0 Å². The van der Waals surface area contributed by atoms with Gasteiger partial charge in [0.2, 0.25) is 0 Å². The summed E-state index contributed by atoms with van der Waals surface area (Å²) in [5, 5.41) is 4.35. The van der Waals surface area contributed by atoms with Crippen molar-refractivity contribution < 1.29 is 9.13 Å². The number of fused-ring (bicyclic) bond motifs is 1. The van der Waals surface area contributed by atoms with Crippen LogP contribution in [-0.4, -0.2) is 25.9 Å². The molecular weight excluding hydrogens is 291 g/mol. The van der Waals surface area contributed by atoms with Gasteiger partial charge in [-0.1, -0.05) is 0 Å². The lowest BCUT2D eigenvalue weighted by Gasteiger charge is -2.08. The average Bonchev–Trinajstić information content (AvgIpc) is 2.90. The van der Waals surface area contributed by atoms with Crippen LogP contribution in [0.2, 0.25) is 0 Å². The molecule has 0 radical (unpaired) electrons. The number of aromatic nitrogens is 4. The largest absolute Gasteiger partial charge is 0.491 e. The Morgan fingerprint density at radius 2 is 2.19 bits per heavy atom. The zero-order valence-electron chi connectivity index (χ0n) is 12.0. The molecule has 3 aromatic rings. The standard InChI is InChI=1S/C14H15FN4OS/c1-4-20-11-6-5-9(7-10(11)15)19-13-12(16-14(19)21)8(2)17-18(13)3/h5-7H,4H2,1-3H3,(H,16,21). The van der Waals surface area contributed by atoms with E-state index in [2.05, 4.69) is 10.1 Å². The molecule has 21 heavy (non-hydrogen) atoms. The van der Waals surface area contributed by atoms with Gasteiger partial charge in [-0.25, -0.2) is 9.07 Å². The van der Waals surface area contributed by atoms with Crippen LogP contribution in [0.5, 0.6) is 5.75 Å². The molecule has 1 N–H and O–H groups in total. The highest BCUT2D eigenvalue weighted by molar-refractivity contribution is 7.71. The second-order valence-electron chi connectivity index (χ2n) is 4.72. The van der Waals surface area contributed by atoms with Gasteiger partial charge in [0.1, 0.15) is 5.52 Å². The minimum absolute atomic E-state index is 0.237. The third kappa shape index (κ3) is 2.13. The Kier molecular flexibility index (Phi) is 3.29. The Morgan fingerprint density at radius 3 is 2.86 bits per heavy atom. The number of benzene rings is 1. The van der Waals surface area contributed by atoms with Crippen LogP contribution < -0.4 is 4.74 Å². The molecule has 0 unspecified atom stereocenters. The van der Waals surface area contributed by atoms with Gasteiger partial charge in [-0.2, -0.15) is 5.10 Å². The molecule has 0 aliphatic heterocycles. The summed E-state index contributed by atoms with van der Waals surface area (Å²) in [5.41, 5.74) is 3.15. The van der Waals surface area contributed by atoms with E-state index in [0.717, 1.165) is 16.9 Å². The van der Waals surface area contributed by atoms with Crippen molar-refractivity contribution in [1.29, 1.82) is 0 Å². The number of hydrogen-bond acceptors (Lipinski definition) is 3. The summed E-state index contributed by atoms with van der Waals surface area (Å²) >= 11 is 5.35. The summed E-state index contributed by atoms with van der Waals surface area (Å²) in [5.74, 6) is -0.176. The van der Waals surface area contributed by atoms with Crippen LogP contribution in [0.1, 0.15) is 12.6 Å². The van der Waals surface area contributed by atoms with Crippen LogP contribution in [-0.2, 0) is 7.05 Å². The lowest BCUT2D eigenvalue weighted by Crippen LogP contribution is -2.02. The number of rotatable bonds is 3. The van der Waals surface area contributed by atoms with Crippen molar-refractivity contribution in [2.45, 2.75) is 13.8 Å². The summed E-state index contributed by atoms with van der Waals surface area (Å²) in [6.07, 6.45) is 0. The number of nitrogens with one attached hydrogen (secondary N) is 1. The van der Waals surface area contributed by atoms with Gasteiger partial charge >= 0.3 is 0 Å². The van der Waals surface area contributed by atoms with Gasteiger partial charge in [0.05, 0.1) is 18.0 Å². The van der Waals surface area contributed by atoms with E-state index in [4.69, 9.17) is 17.0 Å². The predicted molar refractivity (Wildman–Crippen MR) is 81.1 cm³/mol. The highest BCUT2D eigenvalue weighted by Gasteiger charge is 2.15. The highest BCUT2D eigenvalue weighted by Crippen LogP contribution is 2.25. The molecule has 0 bridgehead atoms. The van der Waals surface area contributed by atoms with Gasteiger partial charge in [-0.15, -0.1) is 0 Å².